The van der Waals surface area contributed by atoms with Crippen molar-refractivity contribution in [1.82, 2.24) is 4.98 Å². The van der Waals surface area contributed by atoms with Gasteiger partial charge in [-0.05, 0) is 12.1 Å². The van der Waals surface area contributed by atoms with Crippen LogP contribution < -0.4 is 15.2 Å². The largest absolute Gasteiger partial charge is 0.493 e. The first-order chi connectivity index (χ1) is 7.79. The molecule has 0 saturated carbocycles. The molecule has 1 aromatic carbocycles. The zero-order valence-corrected chi connectivity index (χ0v) is 9.66. The quantitative estimate of drug-likeness (QED) is 0.885. The molecule has 0 radical (unpaired) electrons. The summed E-state index contributed by atoms with van der Waals surface area (Å²) in [6.07, 6.45) is 1.63. The standard InChI is InChI=1S/C11H12N2O2S/c1-14-8-4-2-3-5-9(8)15-7-11-13-6-10(12)16-11/h2-6H,7,12H2,1H3. The molecule has 0 aliphatic heterocycles. The highest BCUT2D eigenvalue weighted by atomic mass is 32.1. The molecular formula is C11H12N2O2S. The van der Waals surface area contributed by atoms with Crippen LogP contribution in [0.25, 0.3) is 0 Å². The van der Waals surface area contributed by atoms with E-state index in [9.17, 15) is 0 Å². The molecular weight excluding hydrogens is 224 g/mol. The highest BCUT2D eigenvalue weighted by Gasteiger charge is 2.04. The van der Waals surface area contributed by atoms with E-state index in [2.05, 4.69) is 4.98 Å². The van der Waals surface area contributed by atoms with Crippen molar-refractivity contribution in [1.29, 1.82) is 0 Å². The van der Waals surface area contributed by atoms with Crippen LogP contribution in [0.5, 0.6) is 11.5 Å². The number of nitrogen functional groups attached to an aromatic ring is 1. The molecule has 0 bridgehead atoms. The number of para-hydroxylation sites is 2. The lowest BCUT2D eigenvalue weighted by Gasteiger charge is -2.08. The lowest BCUT2D eigenvalue weighted by Crippen LogP contribution is -1.96. The highest BCUT2D eigenvalue weighted by Crippen LogP contribution is 2.27. The smallest absolute Gasteiger partial charge is 0.161 e. The van der Waals surface area contributed by atoms with E-state index in [0.717, 1.165) is 5.01 Å². The Kier molecular flexibility index (Phi) is 3.26. The van der Waals surface area contributed by atoms with Crippen LogP contribution in [0.3, 0.4) is 0 Å². The van der Waals surface area contributed by atoms with Gasteiger partial charge in [-0.2, -0.15) is 0 Å². The molecule has 0 spiro atoms. The number of methoxy groups -OCH3 is 1. The van der Waals surface area contributed by atoms with Gasteiger partial charge in [-0.25, -0.2) is 4.98 Å². The summed E-state index contributed by atoms with van der Waals surface area (Å²) in [6, 6.07) is 7.50. The molecule has 0 unspecified atom stereocenters. The van der Waals surface area contributed by atoms with Crippen LogP contribution in [0.2, 0.25) is 0 Å². The second-order valence-corrected chi connectivity index (χ2v) is 4.24. The first kappa shape index (κ1) is 10.8. The van der Waals surface area contributed by atoms with Crippen LogP contribution >= 0.6 is 11.3 Å². The summed E-state index contributed by atoms with van der Waals surface area (Å²) in [4.78, 5) is 4.11. The summed E-state index contributed by atoms with van der Waals surface area (Å²) in [5.41, 5.74) is 5.58. The first-order valence-corrected chi connectivity index (χ1v) is 5.57. The third-order valence-electron chi connectivity index (χ3n) is 1.99. The first-order valence-electron chi connectivity index (χ1n) is 4.75. The Hall–Kier alpha value is -1.75. The van der Waals surface area contributed by atoms with Crippen molar-refractivity contribution in [2.24, 2.45) is 0 Å². The summed E-state index contributed by atoms with van der Waals surface area (Å²) in [5, 5.41) is 1.54. The minimum Gasteiger partial charge on any atom is -0.493 e. The summed E-state index contributed by atoms with van der Waals surface area (Å²) in [6.45, 7) is 0.405. The van der Waals surface area contributed by atoms with Gasteiger partial charge in [0.15, 0.2) is 11.5 Å². The second kappa shape index (κ2) is 4.85. The molecule has 0 fully saturated rings. The van der Waals surface area contributed by atoms with Crippen LogP contribution in [-0.2, 0) is 6.61 Å². The number of anilines is 1. The maximum atomic E-state index is 5.59. The SMILES string of the molecule is COc1ccccc1OCc1ncc(N)s1. The van der Waals surface area contributed by atoms with Crippen molar-refractivity contribution in [2.75, 3.05) is 12.8 Å². The van der Waals surface area contributed by atoms with Crippen molar-refractivity contribution < 1.29 is 9.47 Å². The monoisotopic (exact) mass is 236 g/mol. The van der Waals surface area contributed by atoms with E-state index in [1.165, 1.54) is 11.3 Å². The molecule has 0 atom stereocenters. The molecule has 4 nitrogen and oxygen atoms in total. The zero-order chi connectivity index (χ0) is 11.4. The van der Waals surface area contributed by atoms with Crippen LogP contribution in [0, 0.1) is 0 Å². The fourth-order valence-electron chi connectivity index (χ4n) is 1.27. The van der Waals surface area contributed by atoms with Gasteiger partial charge in [-0.3, -0.25) is 0 Å². The minimum atomic E-state index is 0.405. The zero-order valence-electron chi connectivity index (χ0n) is 8.84. The Morgan fingerprint density at radius 3 is 2.69 bits per heavy atom. The van der Waals surface area contributed by atoms with Crippen molar-refractivity contribution in [3.8, 4) is 11.5 Å². The maximum absolute atomic E-state index is 5.59. The van der Waals surface area contributed by atoms with Gasteiger partial charge in [0.1, 0.15) is 16.6 Å². The number of benzene rings is 1. The number of ether oxygens (including phenoxy) is 2. The van der Waals surface area contributed by atoms with Crippen molar-refractivity contribution in [3.63, 3.8) is 0 Å². The van der Waals surface area contributed by atoms with Gasteiger partial charge in [0.2, 0.25) is 0 Å². The Labute approximate surface area is 97.6 Å². The molecule has 16 heavy (non-hydrogen) atoms. The molecule has 1 heterocycles. The molecule has 2 rings (SSSR count). The predicted octanol–water partition coefficient (Wildman–Crippen LogP) is 2.31. The third-order valence-corrected chi connectivity index (χ3v) is 2.79. The van der Waals surface area contributed by atoms with Gasteiger partial charge in [0, 0.05) is 0 Å². The summed E-state index contributed by atoms with van der Waals surface area (Å²) < 4.78 is 10.8. The van der Waals surface area contributed by atoms with E-state index in [-0.39, 0.29) is 0 Å². The van der Waals surface area contributed by atoms with Crippen LogP contribution in [0.15, 0.2) is 30.5 Å². The van der Waals surface area contributed by atoms with Crippen molar-refractivity contribution >= 4 is 16.3 Å². The highest BCUT2D eigenvalue weighted by molar-refractivity contribution is 7.15. The van der Waals surface area contributed by atoms with Crippen LogP contribution in [-0.4, -0.2) is 12.1 Å². The Morgan fingerprint density at radius 2 is 2.06 bits per heavy atom. The molecule has 1 aromatic heterocycles. The number of hydrogen-bond donors (Lipinski definition) is 1. The number of rotatable bonds is 4. The fourth-order valence-corrected chi connectivity index (χ4v) is 1.87. The molecule has 0 aliphatic rings. The molecule has 5 heteroatoms. The molecule has 0 saturated heterocycles. The number of nitrogens with two attached hydrogens (primary N) is 1. The summed E-state index contributed by atoms with van der Waals surface area (Å²) in [7, 11) is 1.61. The number of aromatic nitrogens is 1. The molecule has 2 aromatic rings. The average Bonchev–Trinajstić information content (AvgIpc) is 2.73. The van der Waals surface area contributed by atoms with Gasteiger partial charge in [0.25, 0.3) is 0 Å². The Bertz CT molecular complexity index is 471. The Balaban J connectivity index is 2.04. The van der Waals surface area contributed by atoms with Gasteiger partial charge >= 0.3 is 0 Å². The van der Waals surface area contributed by atoms with Crippen LogP contribution in [0.4, 0.5) is 5.00 Å². The van der Waals surface area contributed by atoms with E-state index < -0.39 is 0 Å². The topological polar surface area (TPSA) is 57.4 Å². The summed E-state index contributed by atoms with van der Waals surface area (Å²) >= 11 is 1.42. The van der Waals surface area contributed by atoms with E-state index in [1.54, 1.807) is 13.3 Å². The van der Waals surface area contributed by atoms with E-state index in [4.69, 9.17) is 15.2 Å². The Morgan fingerprint density at radius 1 is 1.31 bits per heavy atom. The molecule has 0 amide bonds. The van der Waals surface area contributed by atoms with Crippen LogP contribution in [0.1, 0.15) is 5.01 Å². The van der Waals surface area contributed by atoms with E-state index >= 15 is 0 Å². The van der Waals surface area contributed by atoms with E-state index in [0.29, 0.717) is 23.1 Å². The number of thiazole rings is 1. The summed E-state index contributed by atoms with van der Waals surface area (Å²) in [5.74, 6) is 1.42. The van der Waals surface area contributed by atoms with E-state index in [1.807, 2.05) is 24.3 Å². The van der Waals surface area contributed by atoms with Gasteiger partial charge in [-0.1, -0.05) is 23.5 Å². The molecule has 0 aliphatic carbocycles. The minimum absolute atomic E-state index is 0.405. The number of hydrogen-bond acceptors (Lipinski definition) is 5. The average molecular weight is 236 g/mol. The maximum Gasteiger partial charge on any atom is 0.161 e. The normalized spacial score (nSPS) is 10.1. The molecule has 84 valence electrons. The predicted molar refractivity (Wildman–Crippen MR) is 63.9 cm³/mol. The fraction of sp³-hybridized carbons (Fsp3) is 0.182. The molecule has 2 N–H and O–H groups in total. The van der Waals surface area contributed by atoms with Gasteiger partial charge in [0.05, 0.1) is 13.3 Å². The van der Waals surface area contributed by atoms with Gasteiger partial charge < -0.3 is 15.2 Å². The second-order valence-electron chi connectivity index (χ2n) is 3.10. The van der Waals surface area contributed by atoms with Crippen molar-refractivity contribution in [3.05, 3.63) is 35.5 Å². The van der Waals surface area contributed by atoms with Crippen molar-refractivity contribution in [2.45, 2.75) is 6.61 Å². The lowest BCUT2D eigenvalue weighted by atomic mass is 10.3. The number of nitrogens with zero attached hydrogens (tertiary/aromatic N) is 1. The lowest BCUT2D eigenvalue weighted by molar-refractivity contribution is 0.284. The van der Waals surface area contributed by atoms with Gasteiger partial charge in [-0.15, -0.1) is 0 Å². The third kappa shape index (κ3) is 2.43.